The predicted octanol–water partition coefficient (Wildman–Crippen LogP) is 3.17. The molecule has 1 N–H and O–H groups in total. The van der Waals surface area contributed by atoms with Crippen LogP contribution in [0.25, 0.3) is 0 Å². The van der Waals surface area contributed by atoms with Crippen LogP contribution in [0.1, 0.15) is 39.5 Å². The van der Waals surface area contributed by atoms with E-state index in [2.05, 4.69) is 0 Å². The lowest BCUT2D eigenvalue weighted by molar-refractivity contribution is 0.0645. The summed E-state index contributed by atoms with van der Waals surface area (Å²) in [5.41, 5.74) is 0.811. The first-order valence-corrected chi connectivity index (χ1v) is 7.40. The van der Waals surface area contributed by atoms with Crippen LogP contribution < -0.4 is 0 Å². The van der Waals surface area contributed by atoms with Crippen LogP contribution in [-0.2, 0) is 6.54 Å². The Labute approximate surface area is 132 Å². The summed E-state index contributed by atoms with van der Waals surface area (Å²) < 4.78 is 18.1. The maximum absolute atomic E-state index is 13.0. The molecule has 1 aromatic heterocycles. The van der Waals surface area contributed by atoms with Crippen molar-refractivity contribution in [3.8, 4) is 0 Å². The summed E-state index contributed by atoms with van der Waals surface area (Å²) in [6.07, 6.45) is 2.15. The Balaban J connectivity index is 1.77. The molecule has 0 aliphatic heterocycles. The molecule has 2 aromatic rings. The van der Waals surface area contributed by atoms with Crippen molar-refractivity contribution in [3.05, 3.63) is 59.3 Å². The summed E-state index contributed by atoms with van der Waals surface area (Å²) in [5, 5.41) is 8.88. The van der Waals surface area contributed by atoms with E-state index in [0.29, 0.717) is 19.0 Å². The minimum absolute atomic E-state index is 0.00478. The van der Waals surface area contributed by atoms with Gasteiger partial charge < -0.3 is 14.4 Å². The largest absolute Gasteiger partial charge is 0.475 e. The summed E-state index contributed by atoms with van der Waals surface area (Å²) in [5.74, 6) is -1.68. The number of furan rings is 1. The Morgan fingerprint density at radius 3 is 2.35 bits per heavy atom. The van der Waals surface area contributed by atoms with Gasteiger partial charge in [-0.1, -0.05) is 12.1 Å². The molecule has 0 atom stereocenters. The first kappa shape index (κ1) is 15.3. The molecule has 1 aliphatic carbocycles. The van der Waals surface area contributed by atoms with Gasteiger partial charge in [-0.05, 0) is 48.6 Å². The molecule has 0 unspecified atom stereocenters. The Morgan fingerprint density at radius 1 is 1.13 bits per heavy atom. The number of amides is 1. The van der Waals surface area contributed by atoms with Crippen LogP contribution in [0.15, 0.2) is 40.8 Å². The number of hydrogen-bond donors (Lipinski definition) is 1. The highest BCUT2D eigenvalue weighted by Gasteiger charge is 2.29. The van der Waals surface area contributed by atoms with Crippen molar-refractivity contribution in [1.29, 1.82) is 0 Å². The minimum atomic E-state index is -1.21. The smallest absolute Gasteiger partial charge is 0.371 e. The van der Waals surface area contributed by atoms with E-state index < -0.39 is 5.97 Å². The first-order valence-electron chi connectivity index (χ1n) is 7.40. The minimum Gasteiger partial charge on any atom is -0.475 e. The molecule has 0 spiro atoms. The van der Waals surface area contributed by atoms with Crippen LogP contribution in [0, 0.1) is 11.7 Å². The van der Waals surface area contributed by atoms with Crippen molar-refractivity contribution in [1.82, 2.24) is 4.90 Å². The molecule has 0 bridgehead atoms. The van der Waals surface area contributed by atoms with Gasteiger partial charge in [0.25, 0.3) is 5.91 Å². The van der Waals surface area contributed by atoms with Crippen LogP contribution in [-0.4, -0.2) is 28.4 Å². The number of hydrogen-bond acceptors (Lipinski definition) is 3. The van der Waals surface area contributed by atoms with E-state index >= 15 is 0 Å². The van der Waals surface area contributed by atoms with Crippen molar-refractivity contribution in [2.45, 2.75) is 19.4 Å². The monoisotopic (exact) mass is 317 g/mol. The molecular weight excluding hydrogens is 301 g/mol. The summed E-state index contributed by atoms with van der Waals surface area (Å²) in [7, 11) is 0. The van der Waals surface area contributed by atoms with Crippen LogP contribution in [0.3, 0.4) is 0 Å². The molecule has 120 valence electrons. The molecule has 1 aromatic carbocycles. The van der Waals surface area contributed by atoms with Gasteiger partial charge in [0, 0.05) is 13.1 Å². The van der Waals surface area contributed by atoms with Gasteiger partial charge in [-0.3, -0.25) is 4.79 Å². The van der Waals surface area contributed by atoms with E-state index in [0.717, 1.165) is 18.4 Å². The molecule has 5 nitrogen and oxygen atoms in total. The SMILES string of the molecule is O=C(O)c1ccc(C(=O)N(Cc2ccc(F)cc2)CC2CC2)o1. The zero-order chi connectivity index (χ0) is 16.4. The molecule has 0 radical (unpaired) electrons. The third-order valence-corrected chi connectivity index (χ3v) is 3.78. The van der Waals surface area contributed by atoms with Gasteiger partial charge in [0.1, 0.15) is 5.82 Å². The summed E-state index contributed by atoms with van der Waals surface area (Å²) in [4.78, 5) is 25.1. The average molecular weight is 317 g/mol. The second kappa shape index (κ2) is 6.24. The fraction of sp³-hybridized carbons (Fsp3) is 0.294. The van der Waals surface area contributed by atoms with Crippen molar-refractivity contribution >= 4 is 11.9 Å². The lowest BCUT2D eigenvalue weighted by Crippen LogP contribution is -2.32. The highest BCUT2D eigenvalue weighted by molar-refractivity contribution is 5.93. The molecule has 3 rings (SSSR count). The maximum Gasteiger partial charge on any atom is 0.371 e. The van der Waals surface area contributed by atoms with E-state index in [1.807, 2.05) is 0 Å². The standard InChI is InChI=1S/C17H16FNO4/c18-13-5-3-12(4-6-13)10-19(9-11-1-2-11)16(20)14-7-8-15(23-14)17(21)22/h3-8,11H,1-2,9-10H2,(H,21,22). The number of carbonyl (C=O) groups excluding carboxylic acids is 1. The number of benzene rings is 1. The zero-order valence-electron chi connectivity index (χ0n) is 12.4. The number of carboxylic acids is 1. The van der Waals surface area contributed by atoms with Crippen molar-refractivity contribution in [2.75, 3.05) is 6.54 Å². The molecule has 1 fully saturated rings. The van der Waals surface area contributed by atoms with Crippen LogP contribution in [0.2, 0.25) is 0 Å². The van der Waals surface area contributed by atoms with Gasteiger partial charge in [-0.25, -0.2) is 9.18 Å². The summed E-state index contributed by atoms with van der Waals surface area (Å²) in [6.45, 7) is 0.915. The quantitative estimate of drug-likeness (QED) is 0.888. The molecule has 1 aliphatic rings. The third-order valence-electron chi connectivity index (χ3n) is 3.78. The third kappa shape index (κ3) is 3.77. The first-order chi connectivity index (χ1) is 11.0. The highest BCUT2D eigenvalue weighted by atomic mass is 19.1. The van der Waals surface area contributed by atoms with Gasteiger partial charge in [-0.15, -0.1) is 0 Å². The molecule has 23 heavy (non-hydrogen) atoms. The predicted molar refractivity (Wildman–Crippen MR) is 79.5 cm³/mol. The molecule has 1 amide bonds. The Bertz CT molecular complexity index is 718. The van der Waals surface area contributed by atoms with E-state index in [1.165, 1.54) is 24.3 Å². The summed E-state index contributed by atoms with van der Waals surface area (Å²) >= 11 is 0. The zero-order valence-corrected chi connectivity index (χ0v) is 12.4. The lowest BCUT2D eigenvalue weighted by atomic mass is 10.2. The van der Waals surface area contributed by atoms with E-state index in [4.69, 9.17) is 9.52 Å². The average Bonchev–Trinajstić information content (AvgIpc) is 3.20. The topological polar surface area (TPSA) is 70.8 Å². The van der Waals surface area contributed by atoms with Gasteiger partial charge in [0.2, 0.25) is 5.76 Å². The van der Waals surface area contributed by atoms with Gasteiger partial charge in [0.05, 0.1) is 0 Å². The number of carboxylic acid groups (broad SMARTS) is 1. The van der Waals surface area contributed by atoms with E-state index in [9.17, 15) is 14.0 Å². The molecule has 0 saturated heterocycles. The second-order valence-electron chi connectivity index (χ2n) is 5.72. The number of nitrogens with zero attached hydrogens (tertiary/aromatic N) is 1. The Kier molecular flexibility index (Phi) is 4.14. The molecule has 1 saturated carbocycles. The van der Waals surface area contributed by atoms with Gasteiger partial charge in [0.15, 0.2) is 5.76 Å². The summed E-state index contributed by atoms with van der Waals surface area (Å²) in [6, 6.07) is 8.61. The van der Waals surface area contributed by atoms with E-state index in [1.54, 1.807) is 17.0 Å². The van der Waals surface area contributed by atoms with Crippen LogP contribution >= 0.6 is 0 Å². The van der Waals surface area contributed by atoms with Crippen molar-refractivity contribution in [3.63, 3.8) is 0 Å². The molecular formula is C17H16FNO4. The molecule has 1 heterocycles. The highest BCUT2D eigenvalue weighted by Crippen LogP contribution is 2.31. The fourth-order valence-electron chi connectivity index (χ4n) is 2.37. The number of rotatable bonds is 6. The number of carbonyl (C=O) groups is 2. The lowest BCUT2D eigenvalue weighted by Gasteiger charge is -2.21. The van der Waals surface area contributed by atoms with Crippen molar-refractivity contribution in [2.24, 2.45) is 5.92 Å². The number of halogens is 1. The van der Waals surface area contributed by atoms with Crippen molar-refractivity contribution < 1.29 is 23.5 Å². The van der Waals surface area contributed by atoms with Gasteiger partial charge >= 0.3 is 5.97 Å². The van der Waals surface area contributed by atoms with Crippen LogP contribution in [0.4, 0.5) is 4.39 Å². The molecule has 6 heteroatoms. The normalized spacial score (nSPS) is 13.8. The Hall–Kier alpha value is -2.63. The fourth-order valence-corrected chi connectivity index (χ4v) is 2.37. The van der Waals surface area contributed by atoms with Crippen LogP contribution in [0.5, 0.6) is 0 Å². The second-order valence-corrected chi connectivity index (χ2v) is 5.72. The van der Waals surface area contributed by atoms with E-state index in [-0.39, 0.29) is 23.2 Å². The Morgan fingerprint density at radius 2 is 1.78 bits per heavy atom. The van der Waals surface area contributed by atoms with Gasteiger partial charge in [-0.2, -0.15) is 0 Å². The maximum atomic E-state index is 13.0. The number of aromatic carboxylic acids is 1.